The summed E-state index contributed by atoms with van der Waals surface area (Å²) in [7, 11) is -3.50. The molecule has 0 radical (unpaired) electrons. The highest BCUT2D eigenvalue weighted by Crippen LogP contribution is 2.27. The monoisotopic (exact) mass is 269 g/mol. The molecule has 5 nitrogen and oxygen atoms in total. The molecule has 0 spiro atoms. The molecule has 0 saturated carbocycles. The van der Waals surface area contributed by atoms with Crippen molar-refractivity contribution in [1.82, 2.24) is 9.97 Å². The van der Waals surface area contributed by atoms with Crippen molar-refractivity contribution in [2.75, 3.05) is 4.72 Å². The van der Waals surface area contributed by atoms with Gasteiger partial charge in [-0.25, -0.2) is 18.4 Å². The molecule has 15 heavy (non-hydrogen) atoms. The van der Waals surface area contributed by atoms with Gasteiger partial charge in [0.2, 0.25) is 10.0 Å². The Labute approximate surface area is 97.9 Å². The predicted molar refractivity (Wildman–Crippen MR) is 59.7 cm³/mol. The molecule has 0 aromatic carbocycles. The Morgan fingerprint density at radius 3 is 2.13 bits per heavy atom. The highest BCUT2D eigenvalue weighted by atomic mass is 35.5. The van der Waals surface area contributed by atoms with Crippen molar-refractivity contribution in [2.24, 2.45) is 0 Å². The number of hydrogen-bond acceptors (Lipinski definition) is 4. The lowest BCUT2D eigenvalue weighted by Crippen LogP contribution is -2.23. The lowest BCUT2D eigenvalue weighted by molar-refractivity contribution is 0.592. The average molecular weight is 270 g/mol. The minimum atomic E-state index is -3.50. The molecule has 0 aliphatic carbocycles. The first-order valence-electron chi connectivity index (χ1n) is 4.02. The SMILES string of the molecule is CC(C)S(=O)(=O)Nc1c(Cl)ncnc1Cl. The van der Waals surface area contributed by atoms with Crippen molar-refractivity contribution in [2.45, 2.75) is 19.1 Å². The second-order valence-electron chi connectivity index (χ2n) is 3.03. The summed E-state index contributed by atoms with van der Waals surface area (Å²) in [5.74, 6) is 0. The van der Waals surface area contributed by atoms with Crippen LogP contribution in [-0.2, 0) is 10.0 Å². The summed E-state index contributed by atoms with van der Waals surface area (Å²) in [6.07, 6.45) is 1.15. The Bertz CT molecular complexity index is 441. The number of aromatic nitrogens is 2. The first-order valence-corrected chi connectivity index (χ1v) is 6.32. The van der Waals surface area contributed by atoms with Crippen LogP contribution in [0.15, 0.2) is 6.33 Å². The van der Waals surface area contributed by atoms with E-state index in [1.54, 1.807) is 0 Å². The molecule has 1 rings (SSSR count). The summed E-state index contributed by atoms with van der Waals surface area (Å²) >= 11 is 11.4. The number of nitrogens with one attached hydrogen (secondary N) is 1. The van der Waals surface area contributed by atoms with Crippen LogP contribution in [0.2, 0.25) is 10.3 Å². The average Bonchev–Trinajstić information content (AvgIpc) is 2.11. The number of sulfonamides is 1. The number of rotatable bonds is 3. The highest BCUT2D eigenvalue weighted by molar-refractivity contribution is 7.93. The molecule has 8 heteroatoms. The number of halogens is 2. The molecule has 0 atom stereocenters. The van der Waals surface area contributed by atoms with Gasteiger partial charge < -0.3 is 0 Å². The zero-order valence-electron chi connectivity index (χ0n) is 8.03. The zero-order chi connectivity index (χ0) is 11.6. The topological polar surface area (TPSA) is 72.0 Å². The molecular formula is C7H9Cl2N3O2S. The van der Waals surface area contributed by atoms with Gasteiger partial charge in [0.05, 0.1) is 5.25 Å². The molecule has 84 valence electrons. The van der Waals surface area contributed by atoms with Gasteiger partial charge in [-0.3, -0.25) is 4.72 Å². The molecule has 0 bridgehead atoms. The lowest BCUT2D eigenvalue weighted by Gasteiger charge is -2.11. The zero-order valence-corrected chi connectivity index (χ0v) is 10.4. The first kappa shape index (κ1) is 12.5. The van der Waals surface area contributed by atoms with Crippen LogP contribution in [0.3, 0.4) is 0 Å². The van der Waals surface area contributed by atoms with Gasteiger partial charge >= 0.3 is 0 Å². The van der Waals surface area contributed by atoms with Crippen LogP contribution in [0.5, 0.6) is 0 Å². The molecule has 1 heterocycles. The third-order valence-electron chi connectivity index (χ3n) is 1.62. The van der Waals surface area contributed by atoms with Crippen LogP contribution in [-0.4, -0.2) is 23.6 Å². The molecule has 1 aromatic heterocycles. The molecule has 0 fully saturated rings. The lowest BCUT2D eigenvalue weighted by atomic mass is 10.6. The van der Waals surface area contributed by atoms with Gasteiger partial charge in [-0.15, -0.1) is 0 Å². The number of nitrogens with zero attached hydrogens (tertiary/aromatic N) is 2. The van der Waals surface area contributed by atoms with Gasteiger partial charge in [0.25, 0.3) is 0 Å². The van der Waals surface area contributed by atoms with E-state index in [0.717, 1.165) is 6.33 Å². The Morgan fingerprint density at radius 1 is 1.27 bits per heavy atom. The van der Waals surface area contributed by atoms with Gasteiger partial charge in [0.15, 0.2) is 10.3 Å². The second-order valence-corrected chi connectivity index (χ2v) is 5.98. The van der Waals surface area contributed by atoms with Crippen molar-refractivity contribution >= 4 is 38.9 Å². The van der Waals surface area contributed by atoms with E-state index in [1.807, 2.05) is 0 Å². The fraction of sp³-hybridized carbons (Fsp3) is 0.429. The van der Waals surface area contributed by atoms with Crippen LogP contribution in [0, 0.1) is 0 Å². The molecule has 0 amide bonds. The maximum Gasteiger partial charge on any atom is 0.235 e. The van der Waals surface area contributed by atoms with Gasteiger partial charge in [-0.2, -0.15) is 0 Å². The van der Waals surface area contributed by atoms with E-state index in [9.17, 15) is 8.42 Å². The number of anilines is 1. The van der Waals surface area contributed by atoms with Crippen molar-refractivity contribution in [3.63, 3.8) is 0 Å². The Kier molecular flexibility index (Phi) is 3.75. The van der Waals surface area contributed by atoms with E-state index < -0.39 is 15.3 Å². The Balaban J connectivity index is 3.11. The largest absolute Gasteiger partial charge is 0.277 e. The molecule has 0 aliphatic rings. The van der Waals surface area contributed by atoms with Gasteiger partial charge in [0, 0.05) is 0 Å². The van der Waals surface area contributed by atoms with E-state index >= 15 is 0 Å². The molecular weight excluding hydrogens is 261 g/mol. The standard InChI is InChI=1S/C7H9Cl2N3O2S/c1-4(2)15(13,14)12-5-6(8)10-3-11-7(5)9/h3-4,12H,1-2H3. The Morgan fingerprint density at radius 2 is 1.73 bits per heavy atom. The summed E-state index contributed by atoms with van der Waals surface area (Å²) in [5.41, 5.74) is 0.00883. The first-order chi connectivity index (χ1) is 6.84. The van der Waals surface area contributed by atoms with Crippen LogP contribution < -0.4 is 4.72 Å². The Hall–Kier alpha value is -0.590. The van der Waals surface area contributed by atoms with Crippen molar-refractivity contribution in [1.29, 1.82) is 0 Å². The summed E-state index contributed by atoms with van der Waals surface area (Å²) in [4.78, 5) is 7.25. The fourth-order valence-corrected chi connectivity index (χ4v) is 1.92. The third kappa shape index (κ3) is 2.93. The predicted octanol–water partition coefficient (Wildman–Crippen LogP) is 1.93. The molecule has 0 aliphatic heterocycles. The van der Waals surface area contributed by atoms with Gasteiger partial charge in [-0.1, -0.05) is 23.2 Å². The van der Waals surface area contributed by atoms with E-state index in [1.165, 1.54) is 13.8 Å². The fourth-order valence-electron chi connectivity index (χ4n) is 0.689. The molecule has 1 N–H and O–H groups in total. The van der Waals surface area contributed by atoms with E-state index in [0.29, 0.717) is 0 Å². The van der Waals surface area contributed by atoms with E-state index in [2.05, 4.69) is 14.7 Å². The van der Waals surface area contributed by atoms with Crippen LogP contribution >= 0.6 is 23.2 Å². The highest BCUT2D eigenvalue weighted by Gasteiger charge is 2.19. The summed E-state index contributed by atoms with van der Waals surface area (Å²) < 4.78 is 25.3. The quantitative estimate of drug-likeness (QED) is 0.852. The van der Waals surface area contributed by atoms with Crippen molar-refractivity contribution < 1.29 is 8.42 Å². The van der Waals surface area contributed by atoms with Crippen molar-refractivity contribution in [3.05, 3.63) is 16.6 Å². The summed E-state index contributed by atoms with van der Waals surface area (Å²) in [6.45, 7) is 3.07. The van der Waals surface area contributed by atoms with Gasteiger partial charge in [-0.05, 0) is 13.8 Å². The smallest absolute Gasteiger partial charge is 0.235 e. The minimum absolute atomic E-state index is 0.00883. The molecule has 0 unspecified atom stereocenters. The normalized spacial score (nSPS) is 11.8. The molecule has 0 saturated heterocycles. The van der Waals surface area contributed by atoms with Crippen LogP contribution in [0.4, 0.5) is 5.69 Å². The second kappa shape index (κ2) is 4.51. The van der Waals surface area contributed by atoms with E-state index in [4.69, 9.17) is 23.2 Å². The van der Waals surface area contributed by atoms with Crippen molar-refractivity contribution in [3.8, 4) is 0 Å². The van der Waals surface area contributed by atoms with Gasteiger partial charge in [0.1, 0.15) is 12.0 Å². The summed E-state index contributed by atoms with van der Waals surface area (Å²) in [6, 6.07) is 0. The molecule has 1 aromatic rings. The number of hydrogen-bond donors (Lipinski definition) is 1. The maximum atomic E-state index is 11.5. The summed E-state index contributed by atoms with van der Waals surface area (Å²) in [5, 5.41) is -0.650. The van der Waals surface area contributed by atoms with Crippen LogP contribution in [0.1, 0.15) is 13.8 Å². The minimum Gasteiger partial charge on any atom is -0.277 e. The maximum absolute atomic E-state index is 11.5. The third-order valence-corrected chi connectivity index (χ3v) is 3.92. The van der Waals surface area contributed by atoms with Crippen LogP contribution in [0.25, 0.3) is 0 Å². The van der Waals surface area contributed by atoms with E-state index in [-0.39, 0.29) is 16.0 Å².